The lowest BCUT2D eigenvalue weighted by Crippen LogP contribution is -2.37. The number of carbonyl (C=O) groups excluding carboxylic acids is 1. The van der Waals surface area contributed by atoms with E-state index in [1.165, 1.54) is 6.07 Å². The van der Waals surface area contributed by atoms with Gasteiger partial charge >= 0.3 is 6.18 Å². The summed E-state index contributed by atoms with van der Waals surface area (Å²) < 4.78 is 38.0. The smallest absolute Gasteiger partial charge is 0.325 e. The molecule has 1 amide bonds. The van der Waals surface area contributed by atoms with Gasteiger partial charge in [0.1, 0.15) is 0 Å². The van der Waals surface area contributed by atoms with Gasteiger partial charge in [-0.2, -0.15) is 13.2 Å². The Morgan fingerprint density at radius 3 is 2.46 bits per heavy atom. The number of rotatable bonds is 5. The van der Waals surface area contributed by atoms with Crippen LogP contribution in [0.2, 0.25) is 5.02 Å². The summed E-state index contributed by atoms with van der Waals surface area (Å²) in [5.74, 6) is -0.288. The van der Waals surface area contributed by atoms with Crippen LogP contribution in [0.3, 0.4) is 0 Å². The van der Waals surface area contributed by atoms with E-state index in [1.807, 2.05) is 0 Å². The van der Waals surface area contributed by atoms with Crippen LogP contribution in [-0.2, 0) is 17.5 Å². The van der Waals surface area contributed by atoms with Crippen molar-refractivity contribution in [2.45, 2.75) is 25.7 Å². The van der Waals surface area contributed by atoms with E-state index < -0.39 is 17.8 Å². The van der Waals surface area contributed by atoms with E-state index in [0.717, 1.165) is 12.1 Å². The average Bonchev–Trinajstić information content (AvgIpc) is 2.54. The van der Waals surface area contributed by atoms with E-state index in [9.17, 15) is 18.0 Å². The third-order valence-corrected chi connectivity index (χ3v) is 3.62. The van der Waals surface area contributed by atoms with Crippen molar-refractivity contribution in [1.29, 1.82) is 0 Å². The number of anilines is 1. The van der Waals surface area contributed by atoms with Crippen LogP contribution < -0.4 is 10.6 Å². The van der Waals surface area contributed by atoms with Gasteiger partial charge in [0.15, 0.2) is 0 Å². The number of alkyl halides is 3. The van der Waals surface area contributed by atoms with E-state index in [-0.39, 0.29) is 12.5 Å². The first kappa shape index (κ1) is 18.3. The minimum absolute atomic E-state index is 0.152. The van der Waals surface area contributed by atoms with Crippen molar-refractivity contribution in [1.82, 2.24) is 5.32 Å². The number of hydrogen-bond acceptors (Lipinski definition) is 2. The molecule has 2 N–H and O–H groups in total. The van der Waals surface area contributed by atoms with Crippen molar-refractivity contribution in [3.8, 4) is 0 Å². The van der Waals surface area contributed by atoms with E-state index in [2.05, 4.69) is 10.6 Å². The van der Waals surface area contributed by atoms with Gasteiger partial charge in [-0.25, -0.2) is 0 Å². The van der Waals surface area contributed by atoms with Crippen LogP contribution >= 0.6 is 11.6 Å². The highest BCUT2D eigenvalue weighted by Gasteiger charge is 2.30. The molecule has 0 spiro atoms. The second-order valence-corrected chi connectivity index (χ2v) is 5.73. The Morgan fingerprint density at radius 1 is 1.17 bits per heavy atom. The summed E-state index contributed by atoms with van der Waals surface area (Å²) in [5.41, 5.74) is 0.341. The zero-order valence-corrected chi connectivity index (χ0v) is 13.6. The molecule has 0 bridgehead atoms. The maximum atomic E-state index is 12.7. The van der Waals surface area contributed by atoms with Crippen LogP contribution in [0.4, 0.5) is 18.9 Å². The maximum Gasteiger partial charge on any atom is 0.416 e. The van der Waals surface area contributed by atoms with Gasteiger partial charge in [-0.3, -0.25) is 4.79 Å². The molecular formula is C17H16ClF3N2O. The summed E-state index contributed by atoms with van der Waals surface area (Å²) in [7, 11) is 0. The van der Waals surface area contributed by atoms with E-state index in [0.29, 0.717) is 16.3 Å². The molecular weight excluding hydrogens is 341 g/mol. The number of hydrogen-bond donors (Lipinski definition) is 2. The number of carbonyl (C=O) groups is 1. The summed E-state index contributed by atoms with van der Waals surface area (Å²) in [6.45, 7) is 1.79. The zero-order chi connectivity index (χ0) is 17.7. The fourth-order valence-corrected chi connectivity index (χ4v) is 2.13. The van der Waals surface area contributed by atoms with Gasteiger partial charge in [-0.15, -0.1) is 0 Å². The lowest BCUT2D eigenvalue weighted by Gasteiger charge is -2.15. The van der Waals surface area contributed by atoms with E-state index in [1.54, 1.807) is 37.3 Å². The summed E-state index contributed by atoms with van der Waals surface area (Å²) in [6.07, 6.45) is -4.38. The minimum atomic E-state index is -4.38. The first-order valence-electron chi connectivity index (χ1n) is 7.21. The molecule has 128 valence electrons. The Bertz CT molecular complexity index is 702. The number of halogens is 4. The summed E-state index contributed by atoms with van der Waals surface area (Å²) >= 11 is 5.77. The van der Waals surface area contributed by atoms with Gasteiger partial charge in [0, 0.05) is 17.3 Å². The molecule has 0 heterocycles. The monoisotopic (exact) mass is 356 g/mol. The van der Waals surface area contributed by atoms with Crippen molar-refractivity contribution < 1.29 is 18.0 Å². The van der Waals surface area contributed by atoms with Gasteiger partial charge < -0.3 is 10.6 Å². The Morgan fingerprint density at radius 2 is 1.83 bits per heavy atom. The van der Waals surface area contributed by atoms with Crippen LogP contribution in [0.5, 0.6) is 0 Å². The number of amides is 1. The third kappa shape index (κ3) is 5.25. The predicted octanol–water partition coefficient (Wildman–Crippen LogP) is 4.48. The lowest BCUT2D eigenvalue weighted by molar-refractivity contribution is -0.137. The highest BCUT2D eigenvalue weighted by Crippen LogP contribution is 2.29. The van der Waals surface area contributed by atoms with Crippen molar-refractivity contribution in [2.75, 3.05) is 5.32 Å². The topological polar surface area (TPSA) is 41.1 Å². The predicted molar refractivity (Wildman–Crippen MR) is 87.8 cm³/mol. The van der Waals surface area contributed by atoms with Crippen molar-refractivity contribution in [3.63, 3.8) is 0 Å². The number of benzene rings is 2. The third-order valence-electron chi connectivity index (χ3n) is 3.37. The molecule has 0 aromatic heterocycles. The Labute approximate surface area is 142 Å². The molecule has 7 heteroatoms. The van der Waals surface area contributed by atoms with Crippen molar-refractivity contribution in [2.24, 2.45) is 0 Å². The molecule has 2 aromatic carbocycles. The zero-order valence-electron chi connectivity index (χ0n) is 12.8. The quantitative estimate of drug-likeness (QED) is 0.829. The molecule has 1 atom stereocenters. The second-order valence-electron chi connectivity index (χ2n) is 5.30. The first-order valence-corrected chi connectivity index (χ1v) is 7.59. The second kappa shape index (κ2) is 7.68. The molecule has 0 saturated carbocycles. The number of nitrogens with one attached hydrogen (secondary N) is 2. The largest absolute Gasteiger partial charge is 0.416 e. The Balaban J connectivity index is 1.91. The van der Waals surface area contributed by atoms with Crippen molar-refractivity contribution >= 4 is 23.2 Å². The molecule has 3 nitrogen and oxygen atoms in total. The highest BCUT2D eigenvalue weighted by molar-refractivity contribution is 6.30. The molecule has 0 aliphatic heterocycles. The van der Waals surface area contributed by atoms with E-state index >= 15 is 0 Å². The molecule has 2 aromatic rings. The Kier molecular flexibility index (Phi) is 5.85. The SMILES string of the molecule is C[C@@H](NCc1cccc(C(F)(F)F)c1)C(=O)Nc1ccc(Cl)cc1. The fraction of sp³-hybridized carbons (Fsp3) is 0.235. The summed E-state index contributed by atoms with van der Waals surface area (Å²) in [5, 5.41) is 6.16. The fourth-order valence-electron chi connectivity index (χ4n) is 2.00. The molecule has 0 fully saturated rings. The van der Waals surface area contributed by atoms with Gasteiger partial charge in [0.2, 0.25) is 5.91 Å². The normalized spacial score (nSPS) is 12.7. The van der Waals surface area contributed by atoms with Crippen LogP contribution in [-0.4, -0.2) is 11.9 Å². The molecule has 0 unspecified atom stereocenters. The minimum Gasteiger partial charge on any atom is -0.325 e. The van der Waals surface area contributed by atoms with Crippen molar-refractivity contribution in [3.05, 3.63) is 64.7 Å². The molecule has 2 rings (SSSR count). The highest BCUT2D eigenvalue weighted by atomic mass is 35.5. The van der Waals surface area contributed by atoms with Gasteiger partial charge in [-0.1, -0.05) is 29.8 Å². The van der Waals surface area contributed by atoms with Gasteiger partial charge in [0.05, 0.1) is 11.6 Å². The molecule has 0 radical (unpaired) electrons. The van der Waals surface area contributed by atoms with Gasteiger partial charge in [-0.05, 0) is 42.8 Å². The van der Waals surface area contributed by atoms with Gasteiger partial charge in [0.25, 0.3) is 0 Å². The van der Waals surface area contributed by atoms with Crippen LogP contribution in [0, 0.1) is 0 Å². The Hall–Kier alpha value is -2.05. The summed E-state index contributed by atoms with van der Waals surface area (Å²) in [4.78, 5) is 12.1. The first-order chi connectivity index (χ1) is 11.3. The summed E-state index contributed by atoms with van der Waals surface area (Å²) in [6, 6.07) is 11.1. The standard InChI is InChI=1S/C17H16ClF3N2O/c1-11(16(24)23-15-7-5-14(18)6-8-15)22-10-12-3-2-4-13(9-12)17(19,20)21/h2-9,11,22H,10H2,1H3,(H,23,24)/t11-/m1/s1. The average molecular weight is 357 g/mol. The maximum absolute atomic E-state index is 12.7. The lowest BCUT2D eigenvalue weighted by atomic mass is 10.1. The van der Waals surface area contributed by atoms with Crippen LogP contribution in [0.25, 0.3) is 0 Å². The van der Waals surface area contributed by atoms with Crippen LogP contribution in [0.1, 0.15) is 18.1 Å². The molecule has 0 saturated heterocycles. The van der Waals surface area contributed by atoms with Crippen LogP contribution in [0.15, 0.2) is 48.5 Å². The molecule has 0 aliphatic rings. The molecule has 24 heavy (non-hydrogen) atoms. The van der Waals surface area contributed by atoms with E-state index in [4.69, 9.17) is 11.6 Å². The molecule has 0 aliphatic carbocycles.